The quantitative estimate of drug-likeness (QED) is 0.711. The van der Waals surface area contributed by atoms with Crippen molar-refractivity contribution in [2.75, 3.05) is 20.6 Å². The van der Waals surface area contributed by atoms with E-state index in [0.717, 1.165) is 16.9 Å². The lowest BCUT2D eigenvalue weighted by Gasteiger charge is -2.22. The number of hydrogen-bond acceptors (Lipinski definition) is 5. The van der Waals surface area contributed by atoms with Gasteiger partial charge in [0.25, 0.3) is 5.91 Å². The van der Waals surface area contributed by atoms with Crippen molar-refractivity contribution in [3.05, 3.63) is 65.7 Å². The monoisotopic (exact) mass is 375 g/mol. The summed E-state index contributed by atoms with van der Waals surface area (Å²) in [4.78, 5) is 14.3. The molecule has 26 heavy (non-hydrogen) atoms. The molecule has 6 nitrogen and oxygen atoms in total. The zero-order valence-electron chi connectivity index (χ0n) is 14.9. The minimum absolute atomic E-state index is 0. The summed E-state index contributed by atoms with van der Waals surface area (Å²) in [5, 5.41) is 6.76. The Morgan fingerprint density at radius 2 is 1.96 bits per heavy atom. The van der Waals surface area contributed by atoms with Gasteiger partial charge in [0, 0.05) is 18.2 Å². The standard InChI is InChI=1S/C19H21N3O3.ClH/c1-13-6-8-14(9-7-13)18-11-15(21-25-18)19(23)20-12-16(22(2)3)17-5-4-10-24-17;/h4-11,16H,12H2,1-3H3,(H,20,23);1H. The van der Waals surface area contributed by atoms with Crippen LogP contribution >= 0.6 is 12.4 Å². The highest BCUT2D eigenvalue weighted by atomic mass is 35.5. The number of aryl methyl sites for hydroxylation is 1. The number of rotatable bonds is 6. The zero-order chi connectivity index (χ0) is 17.8. The Hall–Kier alpha value is -2.57. The second-order valence-corrected chi connectivity index (χ2v) is 6.15. The largest absolute Gasteiger partial charge is 0.468 e. The number of benzene rings is 1. The summed E-state index contributed by atoms with van der Waals surface area (Å²) in [5.74, 6) is 1.09. The maximum absolute atomic E-state index is 12.4. The molecular weight excluding hydrogens is 354 g/mol. The van der Waals surface area contributed by atoms with Gasteiger partial charge in [-0.3, -0.25) is 9.69 Å². The summed E-state index contributed by atoms with van der Waals surface area (Å²) in [6.07, 6.45) is 1.62. The second-order valence-electron chi connectivity index (χ2n) is 6.15. The molecule has 0 aliphatic rings. The third-order valence-corrected chi connectivity index (χ3v) is 4.03. The predicted octanol–water partition coefficient (Wildman–Crippen LogP) is 3.70. The smallest absolute Gasteiger partial charge is 0.273 e. The van der Waals surface area contributed by atoms with Crippen molar-refractivity contribution in [2.24, 2.45) is 0 Å². The van der Waals surface area contributed by atoms with Gasteiger partial charge in [-0.05, 0) is 33.2 Å². The van der Waals surface area contributed by atoms with E-state index in [1.807, 2.05) is 62.3 Å². The molecule has 2 heterocycles. The molecule has 0 saturated carbocycles. The molecule has 7 heteroatoms. The molecule has 0 fully saturated rings. The van der Waals surface area contributed by atoms with Gasteiger partial charge < -0.3 is 14.3 Å². The van der Waals surface area contributed by atoms with E-state index < -0.39 is 0 Å². The van der Waals surface area contributed by atoms with Gasteiger partial charge in [0.1, 0.15) is 5.76 Å². The van der Waals surface area contributed by atoms with Crippen LogP contribution in [0.5, 0.6) is 0 Å². The minimum atomic E-state index is -0.277. The van der Waals surface area contributed by atoms with Gasteiger partial charge in [0.15, 0.2) is 11.5 Å². The van der Waals surface area contributed by atoms with Gasteiger partial charge in [-0.1, -0.05) is 35.0 Å². The van der Waals surface area contributed by atoms with Crippen molar-refractivity contribution >= 4 is 18.3 Å². The Morgan fingerprint density at radius 1 is 1.23 bits per heavy atom. The number of carbonyl (C=O) groups excluding carboxylic acids is 1. The lowest BCUT2D eigenvalue weighted by Crippen LogP contribution is -2.34. The van der Waals surface area contributed by atoms with Crippen molar-refractivity contribution in [1.82, 2.24) is 15.4 Å². The Bertz CT molecular complexity index is 826. The normalized spacial score (nSPS) is 11.8. The first-order valence-electron chi connectivity index (χ1n) is 8.06. The number of furan rings is 1. The number of carbonyl (C=O) groups is 1. The third-order valence-electron chi connectivity index (χ3n) is 4.03. The summed E-state index contributed by atoms with van der Waals surface area (Å²) in [6, 6.07) is 13.2. The lowest BCUT2D eigenvalue weighted by atomic mass is 10.1. The zero-order valence-corrected chi connectivity index (χ0v) is 15.7. The van der Waals surface area contributed by atoms with Crippen LogP contribution in [0.3, 0.4) is 0 Å². The number of nitrogens with zero attached hydrogens (tertiary/aromatic N) is 2. The molecule has 138 valence electrons. The summed E-state index contributed by atoms with van der Waals surface area (Å²) in [6.45, 7) is 2.43. The van der Waals surface area contributed by atoms with Gasteiger partial charge in [0.2, 0.25) is 0 Å². The predicted molar refractivity (Wildman–Crippen MR) is 101 cm³/mol. The highest BCUT2D eigenvalue weighted by Crippen LogP contribution is 2.21. The summed E-state index contributed by atoms with van der Waals surface area (Å²) in [7, 11) is 3.87. The van der Waals surface area contributed by atoms with Crippen LogP contribution in [0.4, 0.5) is 0 Å². The number of hydrogen-bond donors (Lipinski definition) is 1. The molecule has 0 saturated heterocycles. The van der Waals surface area contributed by atoms with Crippen LogP contribution in [0.2, 0.25) is 0 Å². The fourth-order valence-corrected chi connectivity index (χ4v) is 2.53. The lowest BCUT2D eigenvalue weighted by molar-refractivity contribution is 0.0930. The van der Waals surface area contributed by atoms with Gasteiger partial charge in [-0.25, -0.2) is 0 Å². The third kappa shape index (κ3) is 4.53. The van der Waals surface area contributed by atoms with Crippen molar-refractivity contribution < 1.29 is 13.7 Å². The summed E-state index contributed by atoms with van der Waals surface area (Å²) in [5.41, 5.74) is 2.31. The van der Waals surface area contributed by atoms with E-state index in [1.165, 1.54) is 0 Å². The summed E-state index contributed by atoms with van der Waals surface area (Å²) >= 11 is 0. The minimum Gasteiger partial charge on any atom is -0.468 e. The van der Waals surface area contributed by atoms with Crippen LogP contribution in [0, 0.1) is 6.92 Å². The molecule has 3 rings (SSSR count). The van der Waals surface area contributed by atoms with Crippen LogP contribution in [-0.4, -0.2) is 36.6 Å². The number of likely N-dealkylation sites (N-methyl/N-ethyl adjacent to an activating group) is 1. The van der Waals surface area contributed by atoms with Crippen LogP contribution in [0.15, 0.2) is 57.7 Å². The molecule has 0 aliphatic carbocycles. The Morgan fingerprint density at radius 3 is 2.58 bits per heavy atom. The molecule has 2 aromatic heterocycles. The molecule has 1 amide bonds. The van der Waals surface area contributed by atoms with E-state index >= 15 is 0 Å². The van der Waals surface area contributed by atoms with Gasteiger partial charge in [0.05, 0.1) is 12.3 Å². The first-order chi connectivity index (χ1) is 12.0. The van der Waals surface area contributed by atoms with Crippen LogP contribution in [0.1, 0.15) is 27.9 Å². The van der Waals surface area contributed by atoms with Crippen LogP contribution < -0.4 is 5.32 Å². The number of amides is 1. The van der Waals surface area contributed by atoms with Gasteiger partial charge in [-0.2, -0.15) is 0 Å². The second kappa shape index (κ2) is 8.69. The molecule has 1 aromatic carbocycles. The fraction of sp³-hybridized carbons (Fsp3) is 0.263. The average Bonchev–Trinajstić information content (AvgIpc) is 3.27. The Balaban J connectivity index is 0.00000243. The highest BCUT2D eigenvalue weighted by molar-refractivity contribution is 5.93. The van der Waals surface area contributed by atoms with E-state index in [4.69, 9.17) is 8.94 Å². The van der Waals surface area contributed by atoms with E-state index in [9.17, 15) is 4.79 Å². The van der Waals surface area contributed by atoms with E-state index in [-0.39, 0.29) is 30.0 Å². The molecule has 3 aromatic rings. The fourth-order valence-electron chi connectivity index (χ4n) is 2.53. The Labute approximate surface area is 158 Å². The molecule has 0 aliphatic heterocycles. The van der Waals surface area contributed by atoms with Gasteiger partial charge >= 0.3 is 0 Å². The Kier molecular flexibility index (Phi) is 6.60. The average molecular weight is 376 g/mol. The van der Waals surface area contributed by atoms with Crippen molar-refractivity contribution in [1.29, 1.82) is 0 Å². The number of halogens is 1. The highest BCUT2D eigenvalue weighted by Gasteiger charge is 2.20. The maximum Gasteiger partial charge on any atom is 0.273 e. The topological polar surface area (TPSA) is 71.5 Å². The number of aromatic nitrogens is 1. The molecule has 1 unspecified atom stereocenters. The van der Waals surface area contributed by atoms with Crippen molar-refractivity contribution in [3.8, 4) is 11.3 Å². The van der Waals surface area contributed by atoms with Crippen molar-refractivity contribution in [2.45, 2.75) is 13.0 Å². The van der Waals surface area contributed by atoms with E-state index in [1.54, 1.807) is 12.3 Å². The van der Waals surface area contributed by atoms with Crippen molar-refractivity contribution in [3.63, 3.8) is 0 Å². The van der Waals surface area contributed by atoms with Gasteiger partial charge in [-0.15, -0.1) is 12.4 Å². The molecule has 0 radical (unpaired) electrons. The van der Waals surface area contributed by atoms with E-state index in [2.05, 4.69) is 10.5 Å². The van der Waals surface area contributed by atoms with Crippen LogP contribution in [-0.2, 0) is 0 Å². The summed E-state index contributed by atoms with van der Waals surface area (Å²) < 4.78 is 10.7. The molecule has 1 N–H and O–H groups in total. The first kappa shape index (κ1) is 19.8. The molecule has 0 bridgehead atoms. The maximum atomic E-state index is 12.4. The molecular formula is C19H22ClN3O3. The number of nitrogens with one attached hydrogen (secondary N) is 1. The van der Waals surface area contributed by atoms with Crippen LogP contribution in [0.25, 0.3) is 11.3 Å². The molecule has 1 atom stereocenters. The van der Waals surface area contributed by atoms with E-state index in [0.29, 0.717) is 12.3 Å². The first-order valence-corrected chi connectivity index (χ1v) is 8.06. The SMILES string of the molecule is Cc1ccc(-c2cc(C(=O)NCC(c3ccco3)N(C)C)no2)cc1.Cl. The molecule has 0 spiro atoms.